The first-order valence-corrected chi connectivity index (χ1v) is 11.6. The number of thiocarbonyl (C=S) groups is 1. The van der Waals surface area contributed by atoms with Gasteiger partial charge in [0.25, 0.3) is 11.8 Å². The molecule has 2 heterocycles. The van der Waals surface area contributed by atoms with Crippen molar-refractivity contribution >= 4 is 46.6 Å². The highest BCUT2D eigenvalue weighted by molar-refractivity contribution is 7.80. The molecule has 2 aromatic rings. The van der Waals surface area contributed by atoms with Crippen LogP contribution < -0.4 is 19.9 Å². The lowest BCUT2D eigenvalue weighted by atomic mass is 9.80. The van der Waals surface area contributed by atoms with Gasteiger partial charge < -0.3 is 9.64 Å². The molecule has 1 atom stereocenters. The lowest BCUT2D eigenvalue weighted by molar-refractivity contribution is -0.122. The van der Waals surface area contributed by atoms with E-state index in [9.17, 15) is 9.59 Å². The maximum atomic E-state index is 13.3. The molecule has 33 heavy (non-hydrogen) atoms. The topological polar surface area (TPSA) is 61.9 Å². The van der Waals surface area contributed by atoms with Crippen molar-refractivity contribution in [2.45, 2.75) is 45.6 Å². The fraction of sp³-hybridized carbons (Fsp3) is 0.346. The average Bonchev–Trinajstić information content (AvgIpc) is 2.76. The zero-order valence-electron chi connectivity index (χ0n) is 19.6. The molecule has 2 aromatic carbocycles. The number of fused-ring (bicyclic) bond motifs is 1. The second-order valence-corrected chi connectivity index (χ2v) is 9.57. The van der Waals surface area contributed by atoms with Gasteiger partial charge in [0.15, 0.2) is 5.11 Å². The number of nitrogens with one attached hydrogen (secondary N) is 1. The molecule has 172 valence electrons. The highest BCUT2D eigenvalue weighted by Crippen LogP contribution is 2.42. The van der Waals surface area contributed by atoms with Crippen LogP contribution in [0.3, 0.4) is 0 Å². The third-order valence-corrected chi connectivity index (χ3v) is 6.76. The van der Waals surface area contributed by atoms with Gasteiger partial charge in [-0.1, -0.05) is 13.0 Å². The SMILES string of the molecule is CCOc1ccc(N2C(=O)/C(=C\c3ccc4c(c3)C(C)CC(C)(C)N4C)C(=O)NC2=S)cc1. The second-order valence-electron chi connectivity index (χ2n) is 9.18. The van der Waals surface area contributed by atoms with E-state index in [-0.39, 0.29) is 16.2 Å². The summed E-state index contributed by atoms with van der Waals surface area (Å²) in [6.45, 7) is 9.16. The van der Waals surface area contributed by atoms with Crippen molar-refractivity contribution in [3.8, 4) is 5.75 Å². The Hall–Kier alpha value is -3.19. The molecule has 0 bridgehead atoms. The Kier molecular flexibility index (Phi) is 6.01. The van der Waals surface area contributed by atoms with Crippen LogP contribution in [0.1, 0.15) is 51.2 Å². The van der Waals surface area contributed by atoms with Crippen LogP contribution >= 0.6 is 12.2 Å². The first-order valence-electron chi connectivity index (χ1n) is 11.1. The summed E-state index contributed by atoms with van der Waals surface area (Å²) in [7, 11) is 2.11. The zero-order chi connectivity index (χ0) is 23.9. The Balaban J connectivity index is 1.68. The van der Waals surface area contributed by atoms with Gasteiger partial charge in [0, 0.05) is 18.3 Å². The van der Waals surface area contributed by atoms with Crippen molar-refractivity contribution in [2.24, 2.45) is 0 Å². The number of benzene rings is 2. The summed E-state index contributed by atoms with van der Waals surface area (Å²) < 4.78 is 5.47. The largest absolute Gasteiger partial charge is 0.494 e. The normalized spacial score (nSPS) is 21.2. The summed E-state index contributed by atoms with van der Waals surface area (Å²) in [6, 6.07) is 13.2. The van der Waals surface area contributed by atoms with Crippen LogP contribution in [0, 0.1) is 0 Å². The van der Waals surface area contributed by atoms with Gasteiger partial charge in [-0.15, -0.1) is 0 Å². The van der Waals surface area contributed by atoms with E-state index in [1.807, 2.05) is 13.0 Å². The van der Waals surface area contributed by atoms with Gasteiger partial charge in [-0.25, -0.2) is 0 Å². The third-order valence-electron chi connectivity index (χ3n) is 6.48. The predicted octanol–water partition coefficient (Wildman–Crippen LogP) is 4.64. The molecule has 0 spiro atoms. The lowest BCUT2D eigenvalue weighted by Gasteiger charge is -2.45. The molecule has 2 aliphatic rings. The summed E-state index contributed by atoms with van der Waals surface area (Å²) in [6.07, 6.45) is 2.67. The van der Waals surface area contributed by atoms with Gasteiger partial charge in [0.05, 0.1) is 12.3 Å². The number of nitrogens with zero attached hydrogens (tertiary/aromatic N) is 2. The van der Waals surface area contributed by atoms with E-state index < -0.39 is 11.8 Å². The van der Waals surface area contributed by atoms with Gasteiger partial charge in [-0.05, 0) is 98.9 Å². The van der Waals surface area contributed by atoms with Crippen molar-refractivity contribution in [2.75, 3.05) is 23.5 Å². The molecular formula is C26H29N3O3S. The number of hydrogen-bond acceptors (Lipinski definition) is 5. The summed E-state index contributed by atoms with van der Waals surface area (Å²) in [5.74, 6) is 0.134. The number of amides is 2. The van der Waals surface area contributed by atoms with E-state index in [4.69, 9.17) is 17.0 Å². The molecule has 6 nitrogen and oxygen atoms in total. The Labute approximate surface area is 200 Å². The van der Waals surface area contributed by atoms with Crippen LogP contribution in [-0.4, -0.2) is 36.1 Å². The molecule has 1 fully saturated rings. The molecule has 7 heteroatoms. The van der Waals surface area contributed by atoms with Crippen molar-refractivity contribution in [3.63, 3.8) is 0 Å². The number of anilines is 2. The molecule has 0 aromatic heterocycles. The Morgan fingerprint density at radius 3 is 2.55 bits per heavy atom. The molecule has 1 unspecified atom stereocenters. The van der Waals surface area contributed by atoms with E-state index in [0.29, 0.717) is 24.0 Å². The van der Waals surface area contributed by atoms with E-state index in [0.717, 1.165) is 12.0 Å². The number of carbonyl (C=O) groups excluding carboxylic acids is 2. The van der Waals surface area contributed by atoms with Gasteiger partial charge >= 0.3 is 0 Å². The molecule has 2 aliphatic heterocycles. The number of ether oxygens (including phenoxy) is 1. The maximum absolute atomic E-state index is 13.3. The average molecular weight is 464 g/mol. The highest BCUT2D eigenvalue weighted by Gasteiger charge is 2.36. The minimum Gasteiger partial charge on any atom is -0.494 e. The molecule has 0 aliphatic carbocycles. The minimum absolute atomic E-state index is 0.0505. The van der Waals surface area contributed by atoms with Gasteiger partial charge in [-0.2, -0.15) is 0 Å². The van der Waals surface area contributed by atoms with E-state index in [2.05, 4.69) is 50.2 Å². The third kappa shape index (κ3) is 4.25. The van der Waals surface area contributed by atoms with Crippen molar-refractivity contribution in [3.05, 3.63) is 59.2 Å². The van der Waals surface area contributed by atoms with Gasteiger partial charge in [-0.3, -0.25) is 19.8 Å². The Bertz CT molecular complexity index is 1150. The predicted molar refractivity (Wildman–Crippen MR) is 136 cm³/mol. The van der Waals surface area contributed by atoms with Crippen LogP contribution in [0.15, 0.2) is 48.0 Å². The van der Waals surface area contributed by atoms with Gasteiger partial charge in [0.1, 0.15) is 11.3 Å². The molecular weight excluding hydrogens is 434 g/mol. The smallest absolute Gasteiger partial charge is 0.270 e. The number of hydrogen-bond donors (Lipinski definition) is 1. The fourth-order valence-electron chi connectivity index (χ4n) is 4.60. The lowest BCUT2D eigenvalue weighted by Crippen LogP contribution is -2.54. The monoisotopic (exact) mass is 463 g/mol. The molecule has 1 N–H and O–H groups in total. The fourth-order valence-corrected chi connectivity index (χ4v) is 4.88. The number of carbonyl (C=O) groups is 2. The Morgan fingerprint density at radius 2 is 1.88 bits per heavy atom. The van der Waals surface area contributed by atoms with Crippen LogP contribution in [-0.2, 0) is 9.59 Å². The second kappa shape index (κ2) is 8.63. The van der Waals surface area contributed by atoms with Gasteiger partial charge in [0.2, 0.25) is 0 Å². The molecule has 4 rings (SSSR count). The Morgan fingerprint density at radius 1 is 1.18 bits per heavy atom. The van der Waals surface area contributed by atoms with Crippen molar-refractivity contribution < 1.29 is 14.3 Å². The highest BCUT2D eigenvalue weighted by atomic mass is 32.1. The van der Waals surface area contributed by atoms with Crippen LogP contribution in [0.2, 0.25) is 0 Å². The molecule has 0 saturated carbocycles. The molecule has 0 radical (unpaired) electrons. The first kappa shape index (κ1) is 23.0. The quantitative estimate of drug-likeness (QED) is 0.407. The minimum atomic E-state index is -0.490. The summed E-state index contributed by atoms with van der Waals surface area (Å²) in [5, 5.41) is 2.71. The van der Waals surface area contributed by atoms with Crippen LogP contribution in [0.4, 0.5) is 11.4 Å². The van der Waals surface area contributed by atoms with E-state index >= 15 is 0 Å². The zero-order valence-corrected chi connectivity index (χ0v) is 20.5. The maximum Gasteiger partial charge on any atom is 0.270 e. The van der Waals surface area contributed by atoms with E-state index in [1.54, 1.807) is 30.3 Å². The number of rotatable bonds is 4. The molecule has 2 amide bonds. The summed E-state index contributed by atoms with van der Waals surface area (Å²) >= 11 is 5.30. The van der Waals surface area contributed by atoms with Crippen LogP contribution in [0.25, 0.3) is 6.08 Å². The van der Waals surface area contributed by atoms with E-state index in [1.165, 1.54) is 16.2 Å². The first-order chi connectivity index (χ1) is 15.6. The van der Waals surface area contributed by atoms with Crippen molar-refractivity contribution in [1.82, 2.24) is 5.32 Å². The van der Waals surface area contributed by atoms with Crippen molar-refractivity contribution in [1.29, 1.82) is 0 Å². The summed E-state index contributed by atoms with van der Waals surface area (Å²) in [4.78, 5) is 29.6. The standard InChI is InChI=1S/C26H29N3O3S/c1-6-32-19-10-8-18(9-11-19)29-24(31)21(23(30)27-25(29)33)14-17-7-12-22-20(13-17)16(2)15-26(3,4)28(22)5/h7-14,16H,6,15H2,1-5H3,(H,27,30,33)/b21-14-. The molecule has 1 saturated heterocycles. The van der Waals surface area contributed by atoms with Crippen LogP contribution in [0.5, 0.6) is 5.75 Å². The summed E-state index contributed by atoms with van der Waals surface area (Å²) in [5.41, 5.74) is 3.90.